The second kappa shape index (κ2) is 6.06. The Balaban J connectivity index is 2.05. The first kappa shape index (κ1) is 15.4. The SMILES string of the molecule is CC(=O)C(c1ccccc1C)n1c(-c2ccco2)nc2ccccc21. The summed E-state index contributed by atoms with van der Waals surface area (Å²) in [6, 6.07) is 19.1. The quantitative estimate of drug-likeness (QED) is 0.541. The van der Waals surface area contributed by atoms with Crippen LogP contribution in [0.5, 0.6) is 0 Å². The Hall–Kier alpha value is -3.14. The maximum absolute atomic E-state index is 12.7. The molecule has 1 atom stereocenters. The van der Waals surface area contributed by atoms with Gasteiger partial charge in [-0.2, -0.15) is 0 Å². The summed E-state index contributed by atoms with van der Waals surface area (Å²) in [4.78, 5) is 17.4. The average molecular weight is 330 g/mol. The number of carbonyl (C=O) groups is 1. The van der Waals surface area contributed by atoms with E-state index in [0.29, 0.717) is 11.6 Å². The number of ketones is 1. The van der Waals surface area contributed by atoms with Crippen molar-refractivity contribution in [1.82, 2.24) is 9.55 Å². The number of hydrogen-bond acceptors (Lipinski definition) is 3. The van der Waals surface area contributed by atoms with Gasteiger partial charge >= 0.3 is 0 Å². The monoisotopic (exact) mass is 330 g/mol. The number of imidazole rings is 1. The molecule has 124 valence electrons. The van der Waals surface area contributed by atoms with E-state index in [1.165, 1.54) is 0 Å². The third-order valence-electron chi connectivity index (χ3n) is 4.46. The number of para-hydroxylation sites is 2. The second-order valence-corrected chi connectivity index (χ2v) is 6.14. The topological polar surface area (TPSA) is 48.0 Å². The molecule has 0 saturated heterocycles. The first-order chi connectivity index (χ1) is 12.2. The van der Waals surface area contributed by atoms with Crippen LogP contribution in [0.25, 0.3) is 22.6 Å². The van der Waals surface area contributed by atoms with Crippen molar-refractivity contribution in [3.8, 4) is 11.6 Å². The lowest BCUT2D eigenvalue weighted by Gasteiger charge is -2.21. The molecular formula is C21H18N2O2. The van der Waals surface area contributed by atoms with Crippen LogP contribution >= 0.6 is 0 Å². The Kier molecular flexibility index (Phi) is 3.73. The van der Waals surface area contributed by atoms with E-state index < -0.39 is 6.04 Å². The van der Waals surface area contributed by atoms with Crippen LogP contribution in [0.1, 0.15) is 24.1 Å². The fourth-order valence-electron chi connectivity index (χ4n) is 3.32. The fourth-order valence-corrected chi connectivity index (χ4v) is 3.32. The summed E-state index contributed by atoms with van der Waals surface area (Å²) in [6.07, 6.45) is 1.62. The van der Waals surface area contributed by atoms with Gasteiger partial charge < -0.3 is 8.98 Å². The molecule has 4 aromatic rings. The Bertz CT molecular complexity index is 1040. The highest BCUT2D eigenvalue weighted by Gasteiger charge is 2.27. The molecule has 0 saturated carbocycles. The predicted octanol–water partition coefficient (Wildman–Crippen LogP) is 4.78. The molecule has 1 unspecified atom stereocenters. The zero-order chi connectivity index (χ0) is 17.4. The van der Waals surface area contributed by atoms with Crippen LogP contribution in [0.2, 0.25) is 0 Å². The molecular weight excluding hydrogens is 312 g/mol. The number of fused-ring (bicyclic) bond motifs is 1. The molecule has 4 nitrogen and oxygen atoms in total. The molecule has 0 aliphatic heterocycles. The lowest BCUT2D eigenvalue weighted by molar-refractivity contribution is -0.118. The number of carbonyl (C=O) groups excluding carboxylic acids is 1. The van der Waals surface area contributed by atoms with Crippen LogP contribution in [0.3, 0.4) is 0 Å². The standard InChI is InChI=1S/C21H18N2O2/c1-14-8-3-4-9-16(14)20(15(2)24)23-18-11-6-5-10-17(18)22-21(23)19-12-7-13-25-19/h3-13,20H,1-2H3. The van der Waals surface area contributed by atoms with Gasteiger partial charge in [0, 0.05) is 0 Å². The first-order valence-corrected chi connectivity index (χ1v) is 8.23. The maximum Gasteiger partial charge on any atom is 0.178 e. The number of Topliss-reactive ketones (excluding diaryl/α,β-unsaturated/α-hetero) is 1. The summed E-state index contributed by atoms with van der Waals surface area (Å²) in [7, 11) is 0. The molecule has 0 spiro atoms. The summed E-state index contributed by atoms with van der Waals surface area (Å²) < 4.78 is 7.58. The summed E-state index contributed by atoms with van der Waals surface area (Å²) in [5, 5.41) is 0. The minimum atomic E-state index is -0.450. The van der Waals surface area contributed by atoms with Gasteiger partial charge in [-0.05, 0) is 49.2 Å². The highest BCUT2D eigenvalue weighted by Crippen LogP contribution is 2.33. The first-order valence-electron chi connectivity index (χ1n) is 8.23. The van der Waals surface area contributed by atoms with Crippen molar-refractivity contribution in [3.05, 3.63) is 78.1 Å². The highest BCUT2D eigenvalue weighted by atomic mass is 16.3. The van der Waals surface area contributed by atoms with Crippen molar-refractivity contribution in [1.29, 1.82) is 0 Å². The van der Waals surface area contributed by atoms with Gasteiger partial charge in [0.2, 0.25) is 0 Å². The molecule has 2 heterocycles. The fraction of sp³-hybridized carbons (Fsp3) is 0.143. The van der Waals surface area contributed by atoms with Gasteiger partial charge in [0.05, 0.1) is 17.3 Å². The molecule has 25 heavy (non-hydrogen) atoms. The van der Waals surface area contributed by atoms with Crippen LogP contribution < -0.4 is 0 Å². The van der Waals surface area contributed by atoms with Crippen LogP contribution in [-0.4, -0.2) is 15.3 Å². The molecule has 4 heteroatoms. The van der Waals surface area contributed by atoms with Gasteiger partial charge in [0.25, 0.3) is 0 Å². The summed E-state index contributed by atoms with van der Waals surface area (Å²) >= 11 is 0. The molecule has 0 radical (unpaired) electrons. The number of furan rings is 1. The van der Waals surface area contributed by atoms with Crippen molar-refractivity contribution in [3.63, 3.8) is 0 Å². The van der Waals surface area contributed by atoms with Crippen molar-refractivity contribution >= 4 is 16.8 Å². The number of aryl methyl sites for hydroxylation is 1. The normalized spacial score (nSPS) is 12.4. The second-order valence-electron chi connectivity index (χ2n) is 6.14. The molecule has 4 rings (SSSR count). The average Bonchev–Trinajstić information content (AvgIpc) is 3.24. The number of rotatable bonds is 4. The molecule has 0 aliphatic carbocycles. The summed E-state index contributed by atoms with van der Waals surface area (Å²) in [5.74, 6) is 1.37. The van der Waals surface area contributed by atoms with Gasteiger partial charge in [0.15, 0.2) is 17.4 Å². The lowest BCUT2D eigenvalue weighted by atomic mass is 9.98. The van der Waals surface area contributed by atoms with Crippen molar-refractivity contribution < 1.29 is 9.21 Å². The van der Waals surface area contributed by atoms with Gasteiger partial charge in [-0.3, -0.25) is 4.79 Å². The molecule has 0 aliphatic rings. The Morgan fingerprint density at radius 2 is 1.80 bits per heavy atom. The van der Waals surface area contributed by atoms with Gasteiger partial charge in [-0.15, -0.1) is 0 Å². The highest BCUT2D eigenvalue weighted by molar-refractivity contribution is 5.89. The molecule has 2 aromatic carbocycles. The molecule has 0 N–H and O–H groups in total. The summed E-state index contributed by atoms with van der Waals surface area (Å²) in [5.41, 5.74) is 3.81. The van der Waals surface area contributed by atoms with E-state index in [1.807, 2.05) is 72.2 Å². The van der Waals surface area contributed by atoms with E-state index in [0.717, 1.165) is 22.2 Å². The number of nitrogens with zero attached hydrogens (tertiary/aromatic N) is 2. The van der Waals surface area contributed by atoms with Gasteiger partial charge in [0.1, 0.15) is 6.04 Å². The molecule has 0 amide bonds. The number of benzene rings is 2. The lowest BCUT2D eigenvalue weighted by Crippen LogP contribution is -2.20. The number of hydrogen-bond donors (Lipinski definition) is 0. The molecule has 0 bridgehead atoms. The van der Waals surface area contributed by atoms with E-state index >= 15 is 0 Å². The zero-order valence-electron chi connectivity index (χ0n) is 14.1. The van der Waals surface area contributed by atoms with Crippen LogP contribution in [0.15, 0.2) is 71.3 Å². The zero-order valence-corrected chi connectivity index (χ0v) is 14.1. The van der Waals surface area contributed by atoms with E-state index in [-0.39, 0.29) is 5.78 Å². The van der Waals surface area contributed by atoms with Crippen molar-refractivity contribution in [2.45, 2.75) is 19.9 Å². The minimum Gasteiger partial charge on any atom is -0.461 e. The van der Waals surface area contributed by atoms with Crippen molar-refractivity contribution in [2.24, 2.45) is 0 Å². The minimum absolute atomic E-state index is 0.0604. The Labute approximate surface area is 145 Å². The predicted molar refractivity (Wildman–Crippen MR) is 97.4 cm³/mol. The van der Waals surface area contributed by atoms with Crippen LogP contribution in [-0.2, 0) is 4.79 Å². The van der Waals surface area contributed by atoms with Gasteiger partial charge in [-0.25, -0.2) is 4.98 Å². The smallest absolute Gasteiger partial charge is 0.178 e. The maximum atomic E-state index is 12.7. The van der Waals surface area contributed by atoms with Gasteiger partial charge in [-0.1, -0.05) is 36.4 Å². The largest absolute Gasteiger partial charge is 0.461 e. The molecule has 0 fully saturated rings. The Morgan fingerprint density at radius 1 is 1.04 bits per heavy atom. The van der Waals surface area contributed by atoms with Crippen molar-refractivity contribution in [2.75, 3.05) is 0 Å². The van der Waals surface area contributed by atoms with E-state index in [1.54, 1.807) is 13.2 Å². The van der Waals surface area contributed by atoms with Crippen LogP contribution in [0, 0.1) is 6.92 Å². The third-order valence-corrected chi connectivity index (χ3v) is 4.46. The summed E-state index contributed by atoms with van der Waals surface area (Å²) in [6.45, 7) is 3.65. The van der Waals surface area contributed by atoms with E-state index in [2.05, 4.69) is 0 Å². The van der Waals surface area contributed by atoms with E-state index in [4.69, 9.17) is 9.40 Å². The van der Waals surface area contributed by atoms with E-state index in [9.17, 15) is 4.79 Å². The third kappa shape index (κ3) is 2.56. The number of aromatic nitrogens is 2. The van der Waals surface area contributed by atoms with Crippen LogP contribution in [0.4, 0.5) is 0 Å². The molecule has 2 aromatic heterocycles. The Morgan fingerprint density at radius 3 is 2.52 bits per heavy atom.